The Bertz CT molecular complexity index is 1070. The summed E-state index contributed by atoms with van der Waals surface area (Å²) in [7, 11) is 0. The molecule has 0 aliphatic carbocycles. The number of aromatic hydroxyl groups is 1. The van der Waals surface area contributed by atoms with E-state index in [1.165, 1.54) is 6.92 Å². The zero-order valence-electron chi connectivity index (χ0n) is 14.0. The SMILES string of the molecule is CC(=O)C[C@@H](c1ccc2c(c1)OCO2)c1c(O)c2ccccc2oc1=O. The van der Waals surface area contributed by atoms with E-state index >= 15 is 0 Å². The maximum absolute atomic E-state index is 12.6. The first-order valence-electron chi connectivity index (χ1n) is 8.18. The quantitative estimate of drug-likeness (QED) is 0.725. The van der Waals surface area contributed by atoms with Crippen LogP contribution in [0.1, 0.15) is 30.4 Å². The first-order chi connectivity index (χ1) is 12.5. The van der Waals surface area contributed by atoms with E-state index in [0.717, 1.165) is 0 Å². The molecule has 1 atom stereocenters. The average Bonchev–Trinajstić information content (AvgIpc) is 3.08. The lowest BCUT2D eigenvalue weighted by atomic mass is 9.87. The Balaban J connectivity index is 1.92. The van der Waals surface area contributed by atoms with Gasteiger partial charge in [-0.15, -0.1) is 0 Å². The molecule has 0 radical (unpaired) electrons. The van der Waals surface area contributed by atoms with E-state index in [2.05, 4.69) is 0 Å². The number of ketones is 1. The Labute approximate surface area is 148 Å². The number of para-hydroxylation sites is 1. The lowest BCUT2D eigenvalue weighted by molar-refractivity contribution is -0.117. The molecule has 3 aromatic rings. The van der Waals surface area contributed by atoms with E-state index in [4.69, 9.17) is 13.9 Å². The highest BCUT2D eigenvalue weighted by Crippen LogP contribution is 2.40. The number of benzene rings is 2. The van der Waals surface area contributed by atoms with Gasteiger partial charge in [-0.2, -0.15) is 0 Å². The molecule has 0 spiro atoms. The first kappa shape index (κ1) is 16.2. The van der Waals surface area contributed by atoms with Gasteiger partial charge in [-0.1, -0.05) is 18.2 Å². The lowest BCUT2D eigenvalue weighted by Crippen LogP contribution is -2.16. The van der Waals surface area contributed by atoms with Crippen LogP contribution in [-0.4, -0.2) is 17.7 Å². The lowest BCUT2D eigenvalue weighted by Gasteiger charge is -2.17. The standard InChI is InChI=1S/C20H16O6/c1-11(21)8-14(12-6-7-16-17(9-12)25-10-24-16)18-19(22)13-4-2-3-5-15(13)26-20(18)23/h2-7,9,14,22H,8,10H2,1H3/t14-/m0/s1. The van der Waals surface area contributed by atoms with E-state index in [9.17, 15) is 14.7 Å². The Kier molecular flexibility index (Phi) is 3.88. The summed E-state index contributed by atoms with van der Waals surface area (Å²) in [5.41, 5.74) is 0.372. The van der Waals surface area contributed by atoms with Crippen molar-refractivity contribution in [2.75, 3.05) is 6.79 Å². The molecule has 6 heteroatoms. The molecule has 26 heavy (non-hydrogen) atoms. The van der Waals surface area contributed by atoms with Crippen molar-refractivity contribution in [3.63, 3.8) is 0 Å². The van der Waals surface area contributed by atoms with E-state index in [-0.39, 0.29) is 30.3 Å². The molecule has 0 amide bonds. The van der Waals surface area contributed by atoms with Gasteiger partial charge in [-0.25, -0.2) is 4.79 Å². The van der Waals surface area contributed by atoms with Crippen LogP contribution in [0.15, 0.2) is 51.7 Å². The van der Waals surface area contributed by atoms with Gasteiger partial charge in [0.2, 0.25) is 6.79 Å². The molecule has 6 nitrogen and oxygen atoms in total. The molecule has 1 aliphatic heterocycles. The third-order valence-electron chi connectivity index (χ3n) is 4.46. The largest absolute Gasteiger partial charge is 0.507 e. The zero-order chi connectivity index (χ0) is 18.3. The third kappa shape index (κ3) is 2.69. The number of Topliss-reactive ketones (excluding diaryl/α,β-unsaturated/α-hetero) is 1. The summed E-state index contributed by atoms with van der Waals surface area (Å²) in [6.07, 6.45) is 0.0519. The summed E-state index contributed by atoms with van der Waals surface area (Å²) in [6.45, 7) is 1.57. The minimum absolute atomic E-state index is 0.0519. The fourth-order valence-electron chi connectivity index (χ4n) is 3.26. The number of ether oxygens (including phenoxy) is 2. The average molecular weight is 352 g/mol. The van der Waals surface area contributed by atoms with Crippen LogP contribution in [0, 0.1) is 0 Å². The second-order valence-corrected chi connectivity index (χ2v) is 6.22. The first-order valence-corrected chi connectivity index (χ1v) is 8.18. The number of carbonyl (C=O) groups excluding carboxylic acids is 1. The highest BCUT2D eigenvalue weighted by molar-refractivity contribution is 5.85. The molecule has 0 fully saturated rings. The van der Waals surface area contributed by atoms with Crippen LogP contribution >= 0.6 is 0 Å². The highest BCUT2D eigenvalue weighted by atomic mass is 16.7. The molecule has 4 rings (SSSR count). The molecule has 2 heterocycles. The van der Waals surface area contributed by atoms with Crippen LogP contribution in [-0.2, 0) is 4.79 Å². The smallest absolute Gasteiger partial charge is 0.343 e. The second kappa shape index (κ2) is 6.22. The zero-order valence-corrected chi connectivity index (χ0v) is 14.0. The van der Waals surface area contributed by atoms with E-state index in [1.807, 2.05) is 0 Å². The van der Waals surface area contributed by atoms with E-state index in [0.29, 0.717) is 28.0 Å². The summed E-state index contributed by atoms with van der Waals surface area (Å²) in [5.74, 6) is 0.217. The van der Waals surface area contributed by atoms with E-state index < -0.39 is 11.5 Å². The summed E-state index contributed by atoms with van der Waals surface area (Å²) < 4.78 is 16.1. The van der Waals surface area contributed by atoms with Crippen molar-refractivity contribution in [1.82, 2.24) is 0 Å². The van der Waals surface area contributed by atoms with Gasteiger partial charge >= 0.3 is 5.63 Å². The van der Waals surface area contributed by atoms with Crippen molar-refractivity contribution in [3.8, 4) is 17.2 Å². The second-order valence-electron chi connectivity index (χ2n) is 6.22. The van der Waals surface area contributed by atoms with Crippen LogP contribution < -0.4 is 15.1 Å². The van der Waals surface area contributed by atoms with E-state index in [1.54, 1.807) is 42.5 Å². The summed E-state index contributed by atoms with van der Waals surface area (Å²) in [4.78, 5) is 24.4. The van der Waals surface area contributed by atoms with Crippen LogP contribution in [0.5, 0.6) is 17.2 Å². The molecule has 0 saturated heterocycles. The number of fused-ring (bicyclic) bond motifs is 2. The van der Waals surface area contributed by atoms with Crippen molar-refractivity contribution in [2.45, 2.75) is 19.3 Å². The number of hydrogen-bond donors (Lipinski definition) is 1. The van der Waals surface area contributed by atoms with Crippen LogP contribution in [0.3, 0.4) is 0 Å². The Morgan fingerprint density at radius 2 is 1.92 bits per heavy atom. The fourth-order valence-corrected chi connectivity index (χ4v) is 3.26. The molecule has 1 aromatic heterocycles. The highest BCUT2D eigenvalue weighted by Gasteiger charge is 2.27. The minimum Gasteiger partial charge on any atom is -0.507 e. The Hall–Kier alpha value is -3.28. The molecule has 2 aromatic carbocycles. The summed E-state index contributed by atoms with van der Waals surface area (Å²) >= 11 is 0. The van der Waals surface area contributed by atoms with Gasteiger partial charge < -0.3 is 19.0 Å². The molecule has 132 valence electrons. The molecule has 0 bridgehead atoms. The van der Waals surface area contributed by atoms with Gasteiger partial charge in [0.25, 0.3) is 0 Å². The van der Waals surface area contributed by atoms with Crippen LogP contribution in [0.25, 0.3) is 11.0 Å². The van der Waals surface area contributed by atoms with Crippen LogP contribution in [0.4, 0.5) is 0 Å². The van der Waals surface area contributed by atoms with Gasteiger partial charge in [0, 0.05) is 12.3 Å². The maximum Gasteiger partial charge on any atom is 0.343 e. The van der Waals surface area contributed by atoms with Crippen molar-refractivity contribution in [1.29, 1.82) is 0 Å². The Morgan fingerprint density at radius 3 is 2.73 bits per heavy atom. The van der Waals surface area contributed by atoms with Gasteiger partial charge in [0.05, 0.1) is 10.9 Å². The molecule has 1 aliphatic rings. The van der Waals surface area contributed by atoms with Gasteiger partial charge in [0.1, 0.15) is 17.1 Å². The molecule has 1 N–H and O–H groups in total. The molecule has 0 saturated carbocycles. The van der Waals surface area contributed by atoms with Crippen molar-refractivity contribution in [2.24, 2.45) is 0 Å². The fraction of sp³-hybridized carbons (Fsp3) is 0.200. The van der Waals surface area contributed by atoms with Crippen molar-refractivity contribution >= 4 is 16.8 Å². The molecular weight excluding hydrogens is 336 g/mol. The van der Waals surface area contributed by atoms with Gasteiger partial charge in [-0.3, -0.25) is 4.79 Å². The van der Waals surface area contributed by atoms with Crippen molar-refractivity contribution < 1.29 is 23.8 Å². The van der Waals surface area contributed by atoms with Gasteiger partial charge in [0.15, 0.2) is 11.5 Å². The topological polar surface area (TPSA) is 86.0 Å². The Morgan fingerprint density at radius 1 is 1.15 bits per heavy atom. The normalized spacial score (nSPS) is 13.7. The number of hydrogen-bond acceptors (Lipinski definition) is 6. The monoisotopic (exact) mass is 352 g/mol. The van der Waals surface area contributed by atoms with Crippen molar-refractivity contribution in [3.05, 3.63) is 64.0 Å². The summed E-state index contributed by atoms with van der Waals surface area (Å²) in [6, 6.07) is 12.0. The predicted octanol–water partition coefficient (Wildman–Crippen LogP) is 3.34. The predicted molar refractivity (Wildman–Crippen MR) is 93.9 cm³/mol. The number of rotatable bonds is 4. The maximum atomic E-state index is 12.6. The van der Waals surface area contributed by atoms with Gasteiger partial charge in [-0.05, 0) is 36.8 Å². The van der Waals surface area contributed by atoms with Crippen LogP contribution in [0.2, 0.25) is 0 Å². The minimum atomic E-state index is -0.662. The molecular formula is C20H16O6. The third-order valence-corrected chi connectivity index (χ3v) is 4.46. The molecule has 0 unspecified atom stereocenters. The summed E-state index contributed by atoms with van der Waals surface area (Å²) in [5, 5.41) is 11.2. The number of carbonyl (C=O) groups is 1.